The normalized spacial score (nSPS) is 14.0. The van der Waals surface area contributed by atoms with Crippen LogP contribution < -0.4 is 4.74 Å². The third-order valence-electron chi connectivity index (χ3n) is 7.87. The average Bonchev–Trinajstić information content (AvgIpc) is 3.36. The van der Waals surface area contributed by atoms with Gasteiger partial charge in [0, 0.05) is 50.0 Å². The molecule has 41 heavy (non-hydrogen) atoms. The lowest BCUT2D eigenvalue weighted by Gasteiger charge is -2.34. The number of halogens is 1. The number of pyridine rings is 1. The van der Waals surface area contributed by atoms with Crippen LogP contribution >= 0.6 is 0 Å². The molecule has 0 radical (unpaired) electrons. The largest absolute Gasteiger partial charge is 0.497 e. The Balaban J connectivity index is 1.33. The van der Waals surface area contributed by atoms with E-state index in [0.29, 0.717) is 38.3 Å². The second kappa shape index (κ2) is 11.2. The number of imidazole rings is 1. The number of fused-ring (bicyclic) bond motifs is 1. The van der Waals surface area contributed by atoms with Crippen LogP contribution in [-0.2, 0) is 6.54 Å². The van der Waals surface area contributed by atoms with E-state index in [1.54, 1.807) is 24.1 Å². The summed E-state index contributed by atoms with van der Waals surface area (Å²) in [5, 5.41) is 0. The van der Waals surface area contributed by atoms with Gasteiger partial charge in [0.15, 0.2) is 0 Å². The smallest absolute Gasteiger partial charge is 0.254 e. The summed E-state index contributed by atoms with van der Waals surface area (Å²) in [6.07, 6.45) is 2.19. The van der Waals surface area contributed by atoms with Gasteiger partial charge < -0.3 is 14.0 Å². The summed E-state index contributed by atoms with van der Waals surface area (Å²) in [5.74, 6) is 0.257. The number of ether oxygens (including phenoxy) is 1. The third kappa shape index (κ3) is 5.45. The number of piperazine rings is 1. The van der Waals surface area contributed by atoms with Crippen LogP contribution in [0.4, 0.5) is 4.39 Å². The van der Waals surface area contributed by atoms with E-state index < -0.39 is 5.82 Å². The molecule has 5 aromatic rings. The maximum absolute atomic E-state index is 13.7. The van der Waals surface area contributed by atoms with Gasteiger partial charge in [0.1, 0.15) is 17.2 Å². The minimum atomic E-state index is -0.396. The van der Waals surface area contributed by atoms with Gasteiger partial charge in [-0.25, -0.2) is 9.37 Å². The molecule has 0 spiro atoms. The zero-order chi connectivity index (χ0) is 28.5. The lowest BCUT2D eigenvalue weighted by Crippen LogP contribution is -2.48. The van der Waals surface area contributed by atoms with Crippen molar-refractivity contribution in [3.63, 3.8) is 0 Å². The number of rotatable bonds is 6. The number of hydrogen-bond acceptors (Lipinski definition) is 4. The molecule has 3 aromatic carbocycles. The number of nitrogens with zero attached hydrogens (tertiary/aromatic N) is 4. The SMILES string of the molecule is COc1cccc(-c2nc3ccc(-c4cc(C)ccc4C)cn3c2CN2CCN(C(=O)c3cccc(F)c3)CC2)c1. The number of methoxy groups -OCH3 is 1. The highest BCUT2D eigenvalue weighted by Crippen LogP contribution is 2.31. The van der Waals surface area contributed by atoms with Crippen LogP contribution in [0.25, 0.3) is 28.0 Å². The Morgan fingerprint density at radius 3 is 2.49 bits per heavy atom. The standard InChI is InChI=1S/C34H33FN4O2/c1-23-10-11-24(2)30(18-23)27-12-13-32-36-33(25-6-5-9-29(20-25)41-3)31(39(32)21-27)22-37-14-16-38(17-15-37)34(40)26-7-4-8-28(35)19-26/h4-13,18-21H,14-17,22H2,1-3H3. The fourth-order valence-electron chi connectivity index (χ4n) is 5.58. The van der Waals surface area contributed by atoms with E-state index in [-0.39, 0.29) is 5.91 Å². The second-order valence-electron chi connectivity index (χ2n) is 10.7. The molecule has 0 saturated carbocycles. The topological polar surface area (TPSA) is 50.1 Å². The molecule has 1 fully saturated rings. The van der Waals surface area contributed by atoms with Crippen molar-refractivity contribution < 1.29 is 13.9 Å². The summed E-state index contributed by atoms with van der Waals surface area (Å²) in [7, 11) is 1.67. The number of aryl methyl sites for hydroxylation is 2. The van der Waals surface area contributed by atoms with E-state index in [0.717, 1.165) is 33.9 Å². The van der Waals surface area contributed by atoms with Crippen LogP contribution in [0.5, 0.6) is 5.75 Å². The Hall–Kier alpha value is -4.49. The van der Waals surface area contributed by atoms with Crippen molar-refractivity contribution in [1.82, 2.24) is 19.2 Å². The summed E-state index contributed by atoms with van der Waals surface area (Å²) in [5.41, 5.74) is 9.06. The fraction of sp³-hybridized carbons (Fsp3) is 0.235. The molecule has 0 N–H and O–H groups in total. The van der Waals surface area contributed by atoms with Crippen LogP contribution in [0.2, 0.25) is 0 Å². The van der Waals surface area contributed by atoms with Gasteiger partial charge >= 0.3 is 0 Å². The predicted molar refractivity (Wildman–Crippen MR) is 160 cm³/mol. The minimum Gasteiger partial charge on any atom is -0.497 e. The van der Waals surface area contributed by atoms with Gasteiger partial charge in [-0.1, -0.05) is 42.0 Å². The van der Waals surface area contributed by atoms with Crippen molar-refractivity contribution in [3.8, 4) is 28.1 Å². The number of hydrogen-bond donors (Lipinski definition) is 0. The number of benzene rings is 3. The molecule has 0 unspecified atom stereocenters. The van der Waals surface area contributed by atoms with Crippen molar-refractivity contribution >= 4 is 11.6 Å². The van der Waals surface area contributed by atoms with E-state index in [4.69, 9.17) is 9.72 Å². The molecule has 0 atom stereocenters. The number of carbonyl (C=O) groups is 1. The molecule has 1 aliphatic heterocycles. The van der Waals surface area contributed by atoms with Crippen molar-refractivity contribution in [2.24, 2.45) is 0 Å². The summed E-state index contributed by atoms with van der Waals surface area (Å²) < 4.78 is 21.4. The molecule has 0 bridgehead atoms. The number of carbonyl (C=O) groups excluding carboxylic acids is 1. The predicted octanol–water partition coefficient (Wildman–Crippen LogP) is 6.39. The molecule has 6 rings (SSSR count). The first-order valence-corrected chi connectivity index (χ1v) is 13.9. The van der Waals surface area contributed by atoms with Gasteiger partial charge in [-0.05, 0) is 73.0 Å². The Labute approximate surface area is 239 Å². The van der Waals surface area contributed by atoms with Crippen molar-refractivity contribution in [2.45, 2.75) is 20.4 Å². The van der Waals surface area contributed by atoms with E-state index in [1.807, 2.05) is 18.2 Å². The highest BCUT2D eigenvalue weighted by Gasteiger charge is 2.25. The monoisotopic (exact) mass is 548 g/mol. The maximum Gasteiger partial charge on any atom is 0.254 e. The zero-order valence-corrected chi connectivity index (χ0v) is 23.6. The van der Waals surface area contributed by atoms with E-state index in [1.165, 1.54) is 28.8 Å². The molecule has 3 heterocycles. The van der Waals surface area contributed by atoms with Gasteiger partial charge in [0.05, 0.1) is 18.5 Å². The van der Waals surface area contributed by atoms with E-state index >= 15 is 0 Å². The first-order chi connectivity index (χ1) is 19.9. The Bertz CT molecular complexity index is 1740. The molecule has 6 nitrogen and oxygen atoms in total. The Morgan fingerprint density at radius 1 is 0.902 bits per heavy atom. The summed E-state index contributed by atoms with van der Waals surface area (Å²) in [4.78, 5) is 22.2. The van der Waals surface area contributed by atoms with Gasteiger partial charge in [0.25, 0.3) is 5.91 Å². The average molecular weight is 549 g/mol. The number of amides is 1. The van der Waals surface area contributed by atoms with Crippen LogP contribution in [0.15, 0.2) is 85.1 Å². The van der Waals surface area contributed by atoms with E-state index in [2.05, 4.69) is 65.7 Å². The van der Waals surface area contributed by atoms with Gasteiger partial charge in [-0.15, -0.1) is 0 Å². The second-order valence-corrected chi connectivity index (χ2v) is 10.7. The van der Waals surface area contributed by atoms with Crippen molar-refractivity contribution in [3.05, 3.63) is 113 Å². The van der Waals surface area contributed by atoms with Crippen LogP contribution in [0.1, 0.15) is 27.2 Å². The highest BCUT2D eigenvalue weighted by atomic mass is 19.1. The molecule has 2 aromatic heterocycles. The summed E-state index contributed by atoms with van der Waals surface area (Å²) in [6, 6.07) is 24.7. The fourth-order valence-corrected chi connectivity index (χ4v) is 5.58. The van der Waals surface area contributed by atoms with Gasteiger partial charge in [-0.2, -0.15) is 0 Å². The molecular weight excluding hydrogens is 515 g/mol. The molecule has 1 amide bonds. The molecule has 0 aliphatic carbocycles. The molecule has 208 valence electrons. The third-order valence-corrected chi connectivity index (χ3v) is 7.87. The number of aromatic nitrogens is 2. The van der Waals surface area contributed by atoms with Crippen molar-refractivity contribution in [1.29, 1.82) is 0 Å². The lowest BCUT2D eigenvalue weighted by molar-refractivity contribution is 0.0626. The Kier molecular flexibility index (Phi) is 7.28. The highest BCUT2D eigenvalue weighted by molar-refractivity contribution is 5.94. The van der Waals surface area contributed by atoms with Crippen molar-refractivity contribution in [2.75, 3.05) is 33.3 Å². The summed E-state index contributed by atoms with van der Waals surface area (Å²) >= 11 is 0. The molecule has 1 aliphatic rings. The van der Waals surface area contributed by atoms with Crippen LogP contribution in [-0.4, -0.2) is 58.4 Å². The maximum atomic E-state index is 13.7. The minimum absolute atomic E-state index is 0.130. The Morgan fingerprint density at radius 2 is 1.71 bits per heavy atom. The zero-order valence-electron chi connectivity index (χ0n) is 23.6. The molecular formula is C34H33FN4O2. The first-order valence-electron chi connectivity index (χ1n) is 13.9. The van der Waals surface area contributed by atoms with Gasteiger partial charge in [0.2, 0.25) is 0 Å². The lowest BCUT2D eigenvalue weighted by atomic mass is 10.00. The first kappa shape index (κ1) is 26.7. The molecule has 7 heteroatoms. The quantitative estimate of drug-likeness (QED) is 0.247. The van der Waals surface area contributed by atoms with Crippen LogP contribution in [0, 0.1) is 19.7 Å². The molecule has 1 saturated heterocycles. The van der Waals surface area contributed by atoms with E-state index in [9.17, 15) is 9.18 Å². The van der Waals surface area contributed by atoms with Crippen LogP contribution in [0.3, 0.4) is 0 Å². The van der Waals surface area contributed by atoms with Gasteiger partial charge in [-0.3, -0.25) is 9.69 Å². The summed E-state index contributed by atoms with van der Waals surface area (Å²) in [6.45, 7) is 7.50.